The Labute approximate surface area is 190 Å². The molecule has 2 amide bonds. The van der Waals surface area contributed by atoms with Gasteiger partial charge in [0.05, 0.1) is 6.61 Å². The SMILES string of the molecule is Cc1ccc(CN(C(=O)CCCOc2ccc(Cl)cc2)C(C)C(=O)NC(C)(C)C)cc1. The lowest BCUT2D eigenvalue weighted by Gasteiger charge is -2.31. The van der Waals surface area contributed by atoms with Gasteiger partial charge in [0.15, 0.2) is 0 Å². The molecular weight excluding hydrogens is 412 g/mol. The van der Waals surface area contributed by atoms with Gasteiger partial charge in [-0.1, -0.05) is 41.4 Å². The number of carbonyl (C=O) groups excluding carboxylic acids is 2. The third-order valence-corrected chi connectivity index (χ3v) is 5.01. The number of ether oxygens (including phenoxy) is 1. The Morgan fingerprint density at radius 1 is 1.06 bits per heavy atom. The second-order valence-electron chi connectivity index (χ2n) is 8.83. The van der Waals surface area contributed by atoms with E-state index in [1.54, 1.807) is 36.1 Å². The van der Waals surface area contributed by atoms with Crippen LogP contribution in [0.4, 0.5) is 0 Å². The molecule has 168 valence electrons. The lowest BCUT2D eigenvalue weighted by Crippen LogP contribution is -2.52. The molecule has 0 heterocycles. The van der Waals surface area contributed by atoms with E-state index in [1.807, 2.05) is 52.0 Å². The van der Waals surface area contributed by atoms with Crippen LogP contribution >= 0.6 is 11.6 Å². The van der Waals surface area contributed by atoms with E-state index in [1.165, 1.54) is 0 Å². The predicted molar refractivity (Wildman–Crippen MR) is 125 cm³/mol. The molecule has 0 radical (unpaired) electrons. The van der Waals surface area contributed by atoms with Crippen LogP contribution in [0.25, 0.3) is 0 Å². The summed E-state index contributed by atoms with van der Waals surface area (Å²) in [5, 5.41) is 3.62. The number of aryl methyl sites for hydroxylation is 1. The van der Waals surface area contributed by atoms with E-state index in [0.29, 0.717) is 36.8 Å². The summed E-state index contributed by atoms with van der Waals surface area (Å²) >= 11 is 5.88. The number of hydrogen-bond donors (Lipinski definition) is 1. The maximum Gasteiger partial charge on any atom is 0.242 e. The highest BCUT2D eigenvalue weighted by Gasteiger charge is 2.28. The van der Waals surface area contributed by atoms with Gasteiger partial charge >= 0.3 is 0 Å². The Bertz CT molecular complexity index is 858. The number of hydrogen-bond acceptors (Lipinski definition) is 3. The molecule has 2 aromatic rings. The number of halogens is 1. The van der Waals surface area contributed by atoms with Crippen LogP contribution in [0.2, 0.25) is 5.02 Å². The molecular formula is C25H33ClN2O3. The standard InChI is InChI=1S/C25H33ClN2O3/c1-18-8-10-20(11-9-18)17-28(19(2)24(30)27-25(3,4)5)23(29)7-6-16-31-22-14-12-21(26)13-15-22/h8-15,19H,6-7,16-17H2,1-5H3,(H,27,30). The third-order valence-electron chi connectivity index (χ3n) is 4.76. The summed E-state index contributed by atoms with van der Waals surface area (Å²) in [4.78, 5) is 27.5. The van der Waals surface area contributed by atoms with E-state index in [9.17, 15) is 9.59 Å². The molecule has 0 aliphatic carbocycles. The van der Waals surface area contributed by atoms with E-state index in [-0.39, 0.29) is 17.4 Å². The van der Waals surface area contributed by atoms with E-state index < -0.39 is 6.04 Å². The van der Waals surface area contributed by atoms with E-state index >= 15 is 0 Å². The Balaban J connectivity index is 2.01. The Morgan fingerprint density at radius 3 is 2.26 bits per heavy atom. The predicted octanol–water partition coefficient (Wildman–Crippen LogP) is 5.14. The molecule has 0 bridgehead atoms. The van der Waals surface area contributed by atoms with Crippen LogP contribution in [0.3, 0.4) is 0 Å². The molecule has 2 aromatic carbocycles. The number of nitrogens with one attached hydrogen (secondary N) is 1. The van der Waals surface area contributed by atoms with Crippen molar-refractivity contribution in [3.05, 3.63) is 64.7 Å². The van der Waals surface area contributed by atoms with E-state index in [4.69, 9.17) is 16.3 Å². The number of carbonyl (C=O) groups is 2. The average Bonchev–Trinajstić information content (AvgIpc) is 2.70. The van der Waals surface area contributed by atoms with Gasteiger partial charge in [-0.15, -0.1) is 0 Å². The van der Waals surface area contributed by atoms with E-state index in [2.05, 4.69) is 5.32 Å². The Hall–Kier alpha value is -2.53. The van der Waals surface area contributed by atoms with Gasteiger partial charge in [-0.25, -0.2) is 0 Å². The van der Waals surface area contributed by atoms with Crippen LogP contribution in [0.1, 0.15) is 51.7 Å². The van der Waals surface area contributed by atoms with Gasteiger partial charge in [-0.2, -0.15) is 0 Å². The van der Waals surface area contributed by atoms with Crippen molar-refractivity contribution in [1.29, 1.82) is 0 Å². The molecule has 31 heavy (non-hydrogen) atoms. The number of nitrogens with zero attached hydrogens (tertiary/aromatic N) is 1. The minimum Gasteiger partial charge on any atom is -0.494 e. The highest BCUT2D eigenvalue weighted by molar-refractivity contribution is 6.30. The minimum atomic E-state index is -0.579. The monoisotopic (exact) mass is 444 g/mol. The van der Waals surface area contributed by atoms with Crippen LogP contribution in [0.5, 0.6) is 5.75 Å². The van der Waals surface area contributed by atoms with Crippen LogP contribution in [0.15, 0.2) is 48.5 Å². The van der Waals surface area contributed by atoms with Crippen molar-refractivity contribution in [3.8, 4) is 5.75 Å². The molecule has 0 aromatic heterocycles. The quantitative estimate of drug-likeness (QED) is 0.545. The lowest BCUT2D eigenvalue weighted by atomic mass is 10.1. The third kappa shape index (κ3) is 8.62. The fourth-order valence-electron chi connectivity index (χ4n) is 3.03. The molecule has 0 spiro atoms. The van der Waals surface area contributed by atoms with Gasteiger partial charge < -0.3 is 15.0 Å². The molecule has 2 rings (SSSR count). The molecule has 1 N–H and O–H groups in total. The summed E-state index contributed by atoms with van der Waals surface area (Å²) in [5.41, 5.74) is 1.78. The molecule has 0 fully saturated rings. The fourth-order valence-corrected chi connectivity index (χ4v) is 3.16. The van der Waals surface area contributed by atoms with Gasteiger partial charge in [0, 0.05) is 23.5 Å². The van der Waals surface area contributed by atoms with Crippen molar-refractivity contribution in [1.82, 2.24) is 10.2 Å². The molecule has 0 saturated heterocycles. The zero-order valence-electron chi connectivity index (χ0n) is 19.1. The number of rotatable bonds is 9. The van der Waals surface area contributed by atoms with Crippen molar-refractivity contribution in [2.75, 3.05) is 6.61 Å². The van der Waals surface area contributed by atoms with Crippen molar-refractivity contribution < 1.29 is 14.3 Å². The molecule has 5 nitrogen and oxygen atoms in total. The summed E-state index contributed by atoms with van der Waals surface area (Å²) in [6.45, 7) is 10.4. The minimum absolute atomic E-state index is 0.0724. The van der Waals surface area contributed by atoms with Crippen LogP contribution in [-0.4, -0.2) is 34.9 Å². The summed E-state index contributed by atoms with van der Waals surface area (Å²) < 4.78 is 5.69. The Kier molecular flexibility index (Phi) is 8.93. The summed E-state index contributed by atoms with van der Waals surface area (Å²) in [5.74, 6) is 0.480. The maximum absolute atomic E-state index is 13.1. The summed E-state index contributed by atoms with van der Waals surface area (Å²) in [6, 6.07) is 14.6. The van der Waals surface area contributed by atoms with Gasteiger partial charge in [0.1, 0.15) is 11.8 Å². The summed E-state index contributed by atoms with van der Waals surface area (Å²) in [6.07, 6.45) is 0.853. The fraction of sp³-hybridized carbons (Fsp3) is 0.440. The van der Waals surface area contributed by atoms with Crippen LogP contribution in [0, 0.1) is 6.92 Å². The smallest absolute Gasteiger partial charge is 0.242 e. The van der Waals surface area contributed by atoms with E-state index in [0.717, 1.165) is 11.1 Å². The zero-order chi connectivity index (χ0) is 23.0. The molecule has 0 saturated carbocycles. The first-order valence-corrected chi connectivity index (χ1v) is 11.0. The Morgan fingerprint density at radius 2 is 1.68 bits per heavy atom. The molecule has 6 heteroatoms. The average molecular weight is 445 g/mol. The largest absolute Gasteiger partial charge is 0.494 e. The van der Waals surface area contributed by atoms with Crippen LogP contribution < -0.4 is 10.1 Å². The first-order chi connectivity index (χ1) is 14.5. The maximum atomic E-state index is 13.1. The van der Waals surface area contributed by atoms with Crippen molar-refractivity contribution in [2.45, 2.75) is 65.6 Å². The van der Waals surface area contributed by atoms with Crippen LogP contribution in [-0.2, 0) is 16.1 Å². The highest BCUT2D eigenvalue weighted by atomic mass is 35.5. The second kappa shape index (κ2) is 11.2. The first-order valence-electron chi connectivity index (χ1n) is 10.6. The first kappa shape index (κ1) is 24.7. The summed E-state index contributed by atoms with van der Waals surface area (Å²) in [7, 11) is 0. The normalized spacial score (nSPS) is 12.2. The molecule has 1 atom stereocenters. The van der Waals surface area contributed by atoms with Crippen molar-refractivity contribution >= 4 is 23.4 Å². The van der Waals surface area contributed by atoms with Crippen molar-refractivity contribution in [2.24, 2.45) is 0 Å². The second-order valence-corrected chi connectivity index (χ2v) is 9.26. The molecule has 0 aliphatic rings. The highest BCUT2D eigenvalue weighted by Crippen LogP contribution is 2.17. The van der Waals surface area contributed by atoms with Gasteiger partial charge in [0.2, 0.25) is 11.8 Å². The van der Waals surface area contributed by atoms with Gasteiger partial charge in [-0.05, 0) is 70.9 Å². The molecule has 0 aliphatic heterocycles. The van der Waals surface area contributed by atoms with Gasteiger partial charge in [-0.3, -0.25) is 9.59 Å². The number of benzene rings is 2. The topological polar surface area (TPSA) is 58.6 Å². The zero-order valence-corrected chi connectivity index (χ0v) is 19.8. The lowest BCUT2D eigenvalue weighted by molar-refractivity contribution is -0.141. The van der Waals surface area contributed by atoms with Gasteiger partial charge in [0.25, 0.3) is 0 Å². The number of amides is 2. The molecule has 1 unspecified atom stereocenters. The van der Waals surface area contributed by atoms with Crippen molar-refractivity contribution in [3.63, 3.8) is 0 Å².